The molecule has 1 aliphatic heterocycles. The van der Waals surface area contributed by atoms with Crippen LogP contribution in [0.5, 0.6) is 0 Å². The van der Waals surface area contributed by atoms with Gasteiger partial charge in [-0.1, -0.05) is 35.9 Å². The number of benzene rings is 3. The monoisotopic (exact) mass is 490 g/mol. The molecule has 1 aromatic heterocycles. The number of nitrogens with one attached hydrogen (secondary N) is 1. The summed E-state index contributed by atoms with van der Waals surface area (Å²) in [6.45, 7) is 0.431. The van der Waals surface area contributed by atoms with Crippen LogP contribution in [0.15, 0.2) is 99.3 Å². The van der Waals surface area contributed by atoms with Crippen molar-refractivity contribution in [1.29, 1.82) is 0 Å². The van der Waals surface area contributed by atoms with E-state index < -0.39 is 10.8 Å². The summed E-state index contributed by atoms with van der Waals surface area (Å²) >= 11 is 6.17. The largest absolute Gasteiger partial charge is 0.467 e. The van der Waals surface area contributed by atoms with Gasteiger partial charge in [0.25, 0.3) is 11.8 Å². The molecule has 1 N–H and O–H groups in total. The molecule has 0 spiro atoms. The summed E-state index contributed by atoms with van der Waals surface area (Å²) in [7, 11) is -1.60. The van der Waals surface area contributed by atoms with E-state index in [0.29, 0.717) is 37.4 Å². The van der Waals surface area contributed by atoms with Gasteiger partial charge in [-0.25, -0.2) is 4.21 Å². The van der Waals surface area contributed by atoms with Gasteiger partial charge in [-0.3, -0.25) is 9.59 Å². The molecule has 3 aromatic carbocycles. The molecule has 1 atom stereocenters. The number of carbonyl (C=O) groups excluding carboxylic acids is 2. The van der Waals surface area contributed by atoms with Gasteiger partial charge in [0.15, 0.2) is 0 Å². The highest BCUT2D eigenvalue weighted by Gasteiger charge is 2.31. The van der Waals surface area contributed by atoms with Gasteiger partial charge >= 0.3 is 0 Å². The normalized spacial score (nSPS) is 14.8. The fraction of sp³-hybridized carbons (Fsp3) is 0.0769. The van der Waals surface area contributed by atoms with Gasteiger partial charge in [0.2, 0.25) is 0 Å². The van der Waals surface area contributed by atoms with E-state index in [1.54, 1.807) is 71.6 Å². The first kappa shape index (κ1) is 22.1. The smallest absolute Gasteiger partial charge is 0.259 e. The molecule has 34 heavy (non-hydrogen) atoms. The molecule has 0 fully saturated rings. The average molecular weight is 491 g/mol. The Morgan fingerprint density at radius 2 is 1.82 bits per heavy atom. The zero-order chi connectivity index (χ0) is 23.7. The lowest BCUT2D eigenvalue weighted by Gasteiger charge is -2.23. The number of rotatable bonds is 5. The van der Waals surface area contributed by atoms with Crippen molar-refractivity contribution in [2.75, 3.05) is 4.90 Å². The average Bonchev–Trinajstić information content (AvgIpc) is 3.36. The Labute approximate surface area is 203 Å². The second-order valence-electron chi connectivity index (χ2n) is 7.73. The molecule has 6 nitrogen and oxygen atoms in total. The molecule has 5 rings (SSSR count). The molecular weight excluding hydrogens is 472 g/mol. The third-order valence-corrected chi connectivity index (χ3v) is 7.24. The van der Waals surface area contributed by atoms with Gasteiger partial charge in [-0.05, 0) is 60.2 Å². The molecule has 0 bridgehead atoms. The summed E-state index contributed by atoms with van der Waals surface area (Å²) in [5.74, 6) is -0.00450. The molecule has 8 heteroatoms. The summed E-state index contributed by atoms with van der Waals surface area (Å²) in [6, 6.07) is 22.5. The molecule has 0 radical (unpaired) electrons. The van der Waals surface area contributed by atoms with Crippen LogP contribution in [0.3, 0.4) is 0 Å². The van der Waals surface area contributed by atoms with Crippen LogP contribution in [0.2, 0.25) is 5.02 Å². The third kappa shape index (κ3) is 4.27. The van der Waals surface area contributed by atoms with Crippen LogP contribution < -0.4 is 10.2 Å². The van der Waals surface area contributed by atoms with Gasteiger partial charge in [-0.2, -0.15) is 0 Å². The minimum absolute atomic E-state index is 0.204. The predicted octanol–water partition coefficient (Wildman–Crippen LogP) is 5.19. The lowest BCUT2D eigenvalue weighted by Crippen LogP contribution is -2.31. The molecular formula is C26H19ClN2O4S. The Hall–Kier alpha value is -3.68. The minimum Gasteiger partial charge on any atom is -0.467 e. The van der Waals surface area contributed by atoms with Gasteiger partial charge in [0.05, 0.1) is 51.2 Å². The molecule has 1 aliphatic rings. The molecule has 0 saturated carbocycles. The standard InChI is InChI=1S/C26H19ClN2O4S/c27-19-6-3-5-17(13-19)16-29-22-14-18(25(30)28-15-20-7-4-12-33-20)10-11-24(22)34(32)23-9-2-1-8-21(23)26(29)31/h1-14H,15-16H2,(H,28,30)/t34-/m1/s1. The van der Waals surface area contributed by atoms with Crippen LogP contribution >= 0.6 is 11.6 Å². The van der Waals surface area contributed by atoms with Crippen molar-refractivity contribution in [1.82, 2.24) is 5.32 Å². The number of nitrogens with zero attached hydrogens (tertiary/aromatic N) is 1. The fourth-order valence-electron chi connectivity index (χ4n) is 3.86. The van der Waals surface area contributed by atoms with E-state index in [2.05, 4.69) is 5.32 Å². The number of hydrogen-bond acceptors (Lipinski definition) is 4. The third-order valence-electron chi connectivity index (χ3n) is 5.51. The first-order chi connectivity index (χ1) is 16.5. The number of amides is 2. The van der Waals surface area contributed by atoms with Crippen LogP contribution in [0.1, 0.15) is 32.0 Å². The predicted molar refractivity (Wildman–Crippen MR) is 129 cm³/mol. The zero-order valence-electron chi connectivity index (χ0n) is 17.9. The highest BCUT2D eigenvalue weighted by Crippen LogP contribution is 2.36. The van der Waals surface area contributed by atoms with E-state index >= 15 is 0 Å². The van der Waals surface area contributed by atoms with Crippen molar-refractivity contribution in [3.05, 3.63) is 113 Å². The van der Waals surface area contributed by atoms with Crippen molar-refractivity contribution in [2.24, 2.45) is 0 Å². The minimum atomic E-state index is -1.60. The Morgan fingerprint density at radius 3 is 2.62 bits per heavy atom. The maximum atomic E-state index is 13.6. The van der Waals surface area contributed by atoms with Crippen molar-refractivity contribution in [3.63, 3.8) is 0 Å². The molecule has 2 amide bonds. The van der Waals surface area contributed by atoms with Crippen molar-refractivity contribution >= 4 is 39.9 Å². The topological polar surface area (TPSA) is 79.6 Å². The highest BCUT2D eigenvalue weighted by atomic mass is 35.5. The van der Waals surface area contributed by atoms with Gasteiger partial charge in [0, 0.05) is 10.6 Å². The molecule has 2 heterocycles. The van der Waals surface area contributed by atoms with Crippen molar-refractivity contribution in [3.8, 4) is 0 Å². The Morgan fingerprint density at radius 1 is 0.971 bits per heavy atom. The first-order valence-corrected chi connectivity index (χ1v) is 12.1. The van der Waals surface area contributed by atoms with E-state index in [4.69, 9.17) is 16.0 Å². The Kier molecular flexibility index (Phi) is 6.04. The number of fused-ring (bicyclic) bond motifs is 2. The zero-order valence-corrected chi connectivity index (χ0v) is 19.4. The van der Waals surface area contributed by atoms with Crippen molar-refractivity contribution < 1.29 is 18.2 Å². The summed E-state index contributed by atoms with van der Waals surface area (Å²) in [4.78, 5) is 28.9. The van der Waals surface area contributed by atoms with E-state index in [1.165, 1.54) is 6.26 Å². The number of carbonyl (C=O) groups is 2. The fourth-order valence-corrected chi connectivity index (χ4v) is 5.42. The van der Waals surface area contributed by atoms with Crippen LogP contribution in [0, 0.1) is 0 Å². The van der Waals surface area contributed by atoms with Crippen LogP contribution in [0.25, 0.3) is 0 Å². The molecule has 4 aromatic rings. The maximum absolute atomic E-state index is 13.6. The van der Waals surface area contributed by atoms with Crippen LogP contribution in [-0.4, -0.2) is 16.0 Å². The first-order valence-electron chi connectivity index (χ1n) is 10.5. The van der Waals surface area contributed by atoms with Gasteiger partial charge < -0.3 is 14.6 Å². The number of furan rings is 1. The van der Waals surface area contributed by atoms with Gasteiger partial charge in [-0.15, -0.1) is 0 Å². The van der Waals surface area contributed by atoms with E-state index in [0.717, 1.165) is 5.56 Å². The van der Waals surface area contributed by atoms with Crippen LogP contribution in [0.4, 0.5) is 5.69 Å². The lowest BCUT2D eigenvalue weighted by molar-refractivity contribution is 0.0945. The summed E-state index contributed by atoms with van der Waals surface area (Å²) in [5.41, 5.74) is 1.94. The van der Waals surface area contributed by atoms with Crippen LogP contribution in [-0.2, 0) is 23.9 Å². The van der Waals surface area contributed by atoms with Crippen molar-refractivity contribution in [2.45, 2.75) is 22.9 Å². The molecule has 0 unspecified atom stereocenters. The van der Waals surface area contributed by atoms with E-state index in [-0.39, 0.29) is 24.9 Å². The second-order valence-corrected chi connectivity index (χ2v) is 9.58. The number of anilines is 1. The highest BCUT2D eigenvalue weighted by molar-refractivity contribution is 7.85. The van der Waals surface area contributed by atoms with E-state index in [9.17, 15) is 13.8 Å². The SMILES string of the molecule is O=C(NCc1ccco1)c1ccc2c(c1)N(Cc1cccc(Cl)c1)C(=O)c1ccccc1[S@]2=O. The lowest BCUT2D eigenvalue weighted by atomic mass is 10.1. The Bertz CT molecular complexity index is 1420. The summed E-state index contributed by atoms with van der Waals surface area (Å²) in [6.07, 6.45) is 1.54. The number of halogens is 1. The summed E-state index contributed by atoms with van der Waals surface area (Å²) < 4.78 is 18.8. The molecule has 170 valence electrons. The maximum Gasteiger partial charge on any atom is 0.259 e. The molecule has 0 saturated heterocycles. The van der Waals surface area contributed by atoms with E-state index in [1.807, 2.05) is 12.1 Å². The second kappa shape index (κ2) is 9.29. The summed E-state index contributed by atoms with van der Waals surface area (Å²) in [5, 5.41) is 3.36. The van der Waals surface area contributed by atoms with Gasteiger partial charge in [0.1, 0.15) is 5.76 Å². The Balaban J connectivity index is 1.57. The number of hydrogen-bond donors (Lipinski definition) is 1. The quantitative estimate of drug-likeness (QED) is 0.417. The molecule has 0 aliphatic carbocycles.